The second kappa shape index (κ2) is 6.74. The summed E-state index contributed by atoms with van der Waals surface area (Å²) in [5, 5.41) is 6.51. The number of benzene rings is 1. The highest BCUT2D eigenvalue weighted by Gasteiger charge is 2.28. The molecule has 1 aliphatic rings. The third-order valence-corrected chi connectivity index (χ3v) is 5.09. The first-order chi connectivity index (χ1) is 9.94. The topological polar surface area (TPSA) is 79.5 Å². The number of hydrogen-bond acceptors (Lipinski definition) is 5. The van der Waals surface area contributed by atoms with Gasteiger partial charge in [-0.1, -0.05) is 12.1 Å². The minimum Gasteiger partial charge on any atom is -0.378 e. The van der Waals surface area contributed by atoms with E-state index in [9.17, 15) is 8.42 Å². The minimum atomic E-state index is -3.53. The third kappa shape index (κ3) is 3.94. The molecule has 6 nitrogen and oxygen atoms in total. The van der Waals surface area contributed by atoms with Crippen LogP contribution >= 0.6 is 0 Å². The molecule has 1 aliphatic heterocycles. The van der Waals surface area contributed by atoms with E-state index in [0.717, 1.165) is 13.1 Å². The molecule has 1 aromatic rings. The number of anilines is 1. The lowest BCUT2D eigenvalue weighted by Gasteiger charge is -2.22. The van der Waals surface area contributed by atoms with Crippen molar-refractivity contribution in [3.63, 3.8) is 0 Å². The Labute approximate surface area is 126 Å². The van der Waals surface area contributed by atoms with Gasteiger partial charge in [-0.25, -0.2) is 13.1 Å². The molecule has 0 bridgehead atoms. The average molecular weight is 313 g/mol. The van der Waals surface area contributed by atoms with Crippen molar-refractivity contribution >= 4 is 15.7 Å². The van der Waals surface area contributed by atoms with Crippen molar-refractivity contribution in [1.82, 2.24) is 10.0 Å². The zero-order chi connectivity index (χ0) is 15.5. The molecule has 3 N–H and O–H groups in total. The number of hydrogen-bond donors (Lipinski definition) is 3. The van der Waals surface area contributed by atoms with Crippen LogP contribution in [0.2, 0.25) is 0 Å². The lowest BCUT2D eigenvalue weighted by atomic mass is 10.2. The maximum absolute atomic E-state index is 12.4. The fraction of sp³-hybridized carbons (Fsp3) is 0.571. The molecule has 0 radical (unpaired) electrons. The Balaban J connectivity index is 2.25. The highest BCUT2D eigenvalue weighted by molar-refractivity contribution is 7.89. The summed E-state index contributed by atoms with van der Waals surface area (Å²) in [6.45, 7) is 5.10. The van der Waals surface area contributed by atoms with Crippen molar-refractivity contribution in [2.75, 3.05) is 25.5 Å². The second-order valence-electron chi connectivity index (χ2n) is 5.46. The zero-order valence-corrected chi connectivity index (χ0v) is 13.4. The van der Waals surface area contributed by atoms with E-state index >= 15 is 0 Å². The van der Waals surface area contributed by atoms with Gasteiger partial charge in [-0.05, 0) is 26.0 Å². The minimum absolute atomic E-state index is 0.0267. The van der Waals surface area contributed by atoms with E-state index < -0.39 is 10.0 Å². The fourth-order valence-electron chi connectivity index (χ4n) is 2.44. The van der Waals surface area contributed by atoms with Crippen LogP contribution in [0.15, 0.2) is 29.2 Å². The summed E-state index contributed by atoms with van der Waals surface area (Å²) in [6, 6.07) is 6.83. The summed E-state index contributed by atoms with van der Waals surface area (Å²) < 4.78 is 32.8. The quantitative estimate of drug-likeness (QED) is 0.723. The number of rotatable bonds is 6. The van der Waals surface area contributed by atoms with Crippen LogP contribution in [0.3, 0.4) is 0 Å². The Morgan fingerprint density at radius 1 is 1.29 bits per heavy atom. The zero-order valence-electron chi connectivity index (χ0n) is 12.6. The number of ether oxygens (including phenoxy) is 1. The van der Waals surface area contributed by atoms with Crippen LogP contribution in [0.1, 0.15) is 13.8 Å². The fourth-order valence-corrected chi connectivity index (χ4v) is 3.86. The summed E-state index contributed by atoms with van der Waals surface area (Å²) in [6.07, 6.45) is 0.0267. The molecule has 1 fully saturated rings. The van der Waals surface area contributed by atoms with Crippen LogP contribution in [0.25, 0.3) is 0 Å². The van der Waals surface area contributed by atoms with Gasteiger partial charge in [0.1, 0.15) is 4.90 Å². The van der Waals surface area contributed by atoms with E-state index in [1.54, 1.807) is 39.2 Å². The normalized spacial score (nSPS) is 22.7. The molecule has 1 aromatic carbocycles. The molecule has 0 amide bonds. The number of nitrogens with one attached hydrogen (secondary N) is 3. The van der Waals surface area contributed by atoms with Gasteiger partial charge in [0.05, 0.1) is 17.8 Å². The molecule has 0 aromatic heterocycles. The van der Waals surface area contributed by atoms with Gasteiger partial charge in [0.2, 0.25) is 10.0 Å². The van der Waals surface area contributed by atoms with Crippen LogP contribution in [0, 0.1) is 0 Å². The predicted octanol–water partition coefficient (Wildman–Crippen LogP) is 0.772. The smallest absolute Gasteiger partial charge is 0.242 e. The lowest BCUT2D eigenvalue weighted by Crippen LogP contribution is -2.35. The van der Waals surface area contributed by atoms with Crippen molar-refractivity contribution < 1.29 is 13.2 Å². The van der Waals surface area contributed by atoms with Crippen molar-refractivity contribution in [1.29, 1.82) is 0 Å². The predicted molar refractivity (Wildman–Crippen MR) is 83.0 cm³/mol. The van der Waals surface area contributed by atoms with Crippen LogP contribution in [0.5, 0.6) is 0 Å². The molecule has 1 unspecified atom stereocenters. The van der Waals surface area contributed by atoms with Gasteiger partial charge in [0.25, 0.3) is 0 Å². The van der Waals surface area contributed by atoms with E-state index in [-0.39, 0.29) is 23.1 Å². The molecule has 7 heteroatoms. The SMILES string of the molecule is CO[C@H]1CNCC1Nc1ccccc1S(=O)(=O)NC(C)C. The Bertz CT molecular complexity index is 575. The molecular weight excluding hydrogens is 290 g/mol. The van der Waals surface area contributed by atoms with Crippen LogP contribution in [-0.4, -0.2) is 46.8 Å². The van der Waals surface area contributed by atoms with Gasteiger partial charge in [0, 0.05) is 26.2 Å². The molecule has 0 spiro atoms. The molecule has 2 atom stereocenters. The Kier molecular flexibility index (Phi) is 5.21. The highest BCUT2D eigenvalue weighted by Crippen LogP contribution is 2.23. The first-order valence-corrected chi connectivity index (χ1v) is 8.54. The third-order valence-electron chi connectivity index (χ3n) is 3.37. The second-order valence-corrected chi connectivity index (χ2v) is 7.14. The molecule has 1 saturated heterocycles. The van der Waals surface area contributed by atoms with Gasteiger partial charge in [-0.15, -0.1) is 0 Å². The van der Waals surface area contributed by atoms with E-state index in [4.69, 9.17) is 4.74 Å². The van der Waals surface area contributed by atoms with E-state index in [0.29, 0.717) is 5.69 Å². The van der Waals surface area contributed by atoms with Gasteiger partial charge in [-0.3, -0.25) is 0 Å². The molecule has 0 aliphatic carbocycles. The summed E-state index contributed by atoms with van der Waals surface area (Å²) in [5.41, 5.74) is 0.599. The summed E-state index contributed by atoms with van der Waals surface area (Å²) >= 11 is 0. The molecular formula is C14H23N3O3S. The Morgan fingerprint density at radius 2 is 2.00 bits per heavy atom. The van der Waals surface area contributed by atoms with Crippen LogP contribution < -0.4 is 15.4 Å². The summed E-state index contributed by atoms with van der Waals surface area (Å²) in [5.74, 6) is 0. The number of methoxy groups -OCH3 is 1. The monoisotopic (exact) mass is 313 g/mol. The standard InChI is InChI=1S/C14H23N3O3S/c1-10(2)17-21(18,19)14-7-5-4-6-11(14)16-12-8-15-9-13(12)20-3/h4-7,10,12-13,15-17H,8-9H2,1-3H3/t12?,13-/m0/s1. The number of sulfonamides is 1. The Hall–Kier alpha value is -1.15. The van der Waals surface area contributed by atoms with Gasteiger partial charge in [-0.2, -0.15) is 0 Å². The Morgan fingerprint density at radius 3 is 2.67 bits per heavy atom. The van der Waals surface area contributed by atoms with Crippen molar-refractivity contribution in [3.8, 4) is 0 Å². The lowest BCUT2D eigenvalue weighted by molar-refractivity contribution is 0.111. The summed E-state index contributed by atoms with van der Waals surface area (Å²) in [7, 11) is -1.87. The largest absolute Gasteiger partial charge is 0.378 e. The van der Waals surface area contributed by atoms with Crippen LogP contribution in [-0.2, 0) is 14.8 Å². The molecule has 1 heterocycles. The molecule has 21 heavy (non-hydrogen) atoms. The molecule has 118 valence electrons. The van der Waals surface area contributed by atoms with Gasteiger partial charge >= 0.3 is 0 Å². The van der Waals surface area contributed by atoms with Crippen LogP contribution in [0.4, 0.5) is 5.69 Å². The number of para-hydroxylation sites is 1. The molecule has 0 saturated carbocycles. The van der Waals surface area contributed by atoms with Crippen molar-refractivity contribution in [3.05, 3.63) is 24.3 Å². The van der Waals surface area contributed by atoms with Gasteiger partial charge in [0.15, 0.2) is 0 Å². The molecule has 2 rings (SSSR count). The van der Waals surface area contributed by atoms with E-state index in [2.05, 4.69) is 15.4 Å². The first kappa shape index (κ1) is 16.2. The van der Waals surface area contributed by atoms with Crippen molar-refractivity contribution in [2.45, 2.75) is 36.9 Å². The van der Waals surface area contributed by atoms with E-state index in [1.807, 2.05) is 6.07 Å². The average Bonchev–Trinajstić information content (AvgIpc) is 2.85. The maximum Gasteiger partial charge on any atom is 0.242 e. The maximum atomic E-state index is 12.4. The van der Waals surface area contributed by atoms with E-state index in [1.165, 1.54) is 0 Å². The first-order valence-electron chi connectivity index (χ1n) is 7.05. The van der Waals surface area contributed by atoms with Gasteiger partial charge < -0.3 is 15.4 Å². The van der Waals surface area contributed by atoms with Crippen molar-refractivity contribution in [2.24, 2.45) is 0 Å². The summed E-state index contributed by atoms with van der Waals surface area (Å²) in [4.78, 5) is 0.264. The highest BCUT2D eigenvalue weighted by atomic mass is 32.2.